The molecule has 0 fully saturated rings. The minimum atomic E-state index is -0.187. The summed E-state index contributed by atoms with van der Waals surface area (Å²) in [6, 6.07) is 15.0. The SMILES string of the molecule is Cc1ccccc1OCCCC(=O)N(Cc1nc2ccccc2c(=O)[nH]1)C(C)C. The average molecular weight is 393 g/mol. The van der Waals surface area contributed by atoms with Crippen molar-refractivity contribution in [1.82, 2.24) is 14.9 Å². The molecule has 0 atom stereocenters. The molecule has 1 amide bonds. The lowest BCUT2D eigenvalue weighted by Gasteiger charge is -2.26. The van der Waals surface area contributed by atoms with Gasteiger partial charge in [0.15, 0.2) is 0 Å². The summed E-state index contributed by atoms with van der Waals surface area (Å²) in [4.78, 5) is 34.1. The Hall–Kier alpha value is -3.15. The van der Waals surface area contributed by atoms with Crippen LogP contribution in [0.2, 0.25) is 0 Å². The Morgan fingerprint density at radius 1 is 1.14 bits per heavy atom. The predicted octanol–water partition coefficient (Wildman–Crippen LogP) is 3.83. The van der Waals surface area contributed by atoms with Crippen LogP contribution in [0.3, 0.4) is 0 Å². The topological polar surface area (TPSA) is 75.3 Å². The number of amides is 1. The quantitative estimate of drug-likeness (QED) is 0.590. The third-order valence-electron chi connectivity index (χ3n) is 4.81. The molecule has 29 heavy (non-hydrogen) atoms. The molecule has 1 heterocycles. The molecule has 6 nitrogen and oxygen atoms in total. The van der Waals surface area contributed by atoms with Crippen LogP contribution >= 0.6 is 0 Å². The van der Waals surface area contributed by atoms with Crippen LogP contribution in [0.15, 0.2) is 53.3 Å². The lowest BCUT2D eigenvalue weighted by Crippen LogP contribution is -2.37. The number of nitrogens with zero attached hydrogens (tertiary/aromatic N) is 2. The van der Waals surface area contributed by atoms with Gasteiger partial charge in [-0.1, -0.05) is 30.3 Å². The Kier molecular flexibility index (Phi) is 6.65. The number of nitrogens with one attached hydrogen (secondary N) is 1. The largest absolute Gasteiger partial charge is 0.493 e. The van der Waals surface area contributed by atoms with E-state index < -0.39 is 0 Å². The van der Waals surface area contributed by atoms with Gasteiger partial charge in [-0.15, -0.1) is 0 Å². The molecule has 3 aromatic rings. The minimum absolute atomic E-state index is 0.00319. The highest BCUT2D eigenvalue weighted by Gasteiger charge is 2.18. The molecule has 0 unspecified atom stereocenters. The van der Waals surface area contributed by atoms with E-state index in [1.54, 1.807) is 17.0 Å². The van der Waals surface area contributed by atoms with E-state index in [2.05, 4.69) is 9.97 Å². The number of ether oxygens (including phenoxy) is 1. The van der Waals surface area contributed by atoms with E-state index in [1.165, 1.54) is 0 Å². The van der Waals surface area contributed by atoms with Crippen molar-refractivity contribution in [2.75, 3.05) is 6.61 Å². The van der Waals surface area contributed by atoms with Crippen LogP contribution in [0.1, 0.15) is 38.1 Å². The highest BCUT2D eigenvalue weighted by Crippen LogP contribution is 2.17. The number of aryl methyl sites for hydroxylation is 1. The molecule has 0 aliphatic rings. The first-order valence-electron chi connectivity index (χ1n) is 9.91. The number of aromatic amines is 1. The van der Waals surface area contributed by atoms with Crippen molar-refractivity contribution in [3.05, 3.63) is 70.3 Å². The van der Waals surface area contributed by atoms with Crippen molar-refractivity contribution in [3.8, 4) is 5.75 Å². The van der Waals surface area contributed by atoms with Gasteiger partial charge in [-0.3, -0.25) is 9.59 Å². The third kappa shape index (κ3) is 5.22. The van der Waals surface area contributed by atoms with Crippen LogP contribution in [0.4, 0.5) is 0 Å². The van der Waals surface area contributed by atoms with Gasteiger partial charge in [-0.05, 0) is 51.0 Å². The number of para-hydroxylation sites is 2. The first kappa shape index (κ1) is 20.6. The van der Waals surface area contributed by atoms with Gasteiger partial charge in [0, 0.05) is 12.5 Å². The standard InChI is InChI=1S/C23H27N3O3/c1-16(2)26(15-21-24-19-11-6-5-10-18(19)23(28)25-21)22(27)13-8-14-29-20-12-7-4-9-17(20)3/h4-7,9-12,16H,8,13-15H2,1-3H3,(H,24,25,28). The molecule has 0 aliphatic heterocycles. The van der Waals surface area contributed by atoms with E-state index in [-0.39, 0.29) is 24.1 Å². The predicted molar refractivity (Wildman–Crippen MR) is 114 cm³/mol. The number of carbonyl (C=O) groups is 1. The minimum Gasteiger partial charge on any atom is -0.493 e. The van der Waals surface area contributed by atoms with Crippen LogP contribution in [-0.4, -0.2) is 33.4 Å². The molecule has 0 spiro atoms. The number of benzene rings is 2. The van der Waals surface area contributed by atoms with Crippen LogP contribution in [0.5, 0.6) is 5.75 Å². The van der Waals surface area contributed by atoms with Crippen molar-refractivity contribution < 1.29 is 9.53 Å². The fourth-order valence-electron chi connectivity index (χ4n) is 3.20. The van der Waals surface area contributed by atoms with E-state index in [4.69, 9.17) is 4.74 Å². The van der Waals surface area contributed by atoms with E-state index in [9.17, 15) is 9.59 Å². The Labute approximate surface area is 170 Å². The van der Waals surface area contributed by atoms with Crippen molar-refractivity contribution in [3.63, 3.8) is 0 Å². The molecule has 6 heteroatoms. The molecule has 3 rings (SSSR count). The first-order valence-corrected chi connectivity index (χ1v) is 9.91. The van der Waals surface area contributed by atoms with Crippen LogP contribution in [0.25, 0.3) is 10.9 Å². The summed E-state index contributed by atoms with van der Waals surface area (Å²) in [5.41, 5.74) is 1.52. The summed E-state index contributed by atoms with van der Waals surface area (Å²) in [5, 5.41) is 0.548. The van der Waals surface area contributed by atoms with E-state index in [0.29, 0.717) is 36.2 Å². The van der Waals surface area contributed by atoms with Gasteiger partial charge in [0.1, 0.15) is 11.6 Å². The van der Waals surface area contributed by atoms with Gasteiger partial charge < -0.3 is 14.6 Å². The van der Waals surface area contributed by atoms with E-state index >= 15 is 0 Å². The molecule has 0 saturated carbocycles. The van der Waals surface area contributed by atoms with Gasteiger partial charge in [-0.2, -0.15) is 0 Å². The maximum absolute atomic E-state index is 12.8. The molecule has 1 N–H and O–H groups in total. The van der Waals surface area contributed by atoms with Gasteiger partial charge in [0.2, 0.25) is 5.91 Å². The second-order valence-corrected chi connectivity index (χ2v) is 7.36. The molecule has 0 radical (unpaired) electrons. The number of carbonyl (C=O) groups excluding carboxylic acids is 1. The van der Waals surface area contributed by atoms with Crippen LogP contribution in [0, 0.1) is 6.92 Å². The monoisotopic (exact) mass is 393 g/mol. The second kappa shape index (κ2) is 9.37. The summed E-state index contributed by atoms with van der Waals surface area (Å²) in [5.74, 6) is 1.36. The Bertz CT molecular complexity index is 1040. The molecule has 0 bridgehead atoms. The molecule has 1 aromatic heterocycles. The number of H-pyrrole nitrogens is 1. The molecule has 0 saturated heterocycles. The Morgan fingerprint density at radius 3 is 2.62 bits per heavy atom. The van der Waals surface area contributed by atoms with Crippen molar-refractivity contribution in [1.29, 1.82) is 0 Å². The molecule has 152 valence electrons. The summed E-state index contributed by atoms with van der Waals surface area (Å²) >= 11 is 0. The van der Waals surface area contributed by atoms with Crippen molar-refractivity contribution >= 4 is 16.8 Å². The summed E-state index contributed by atoms with van der Waals surface area (Å²) in [6.45, 7) is 6.67. The Morgan fingerprint density at radius 2 is 1.86 bits per heavy atom. The zero-order valence-corrected chi connectivity index (χ0v) is 17.1. The zero-order valence-electron chi connectivity index (χ0n) is 17.1. The smallest absolute Gasteiger partial charge is 0.258 e. The summed E-state index contributed by atoms with van der Waals surface area (Å²) in [6.07, 6.45) is 1.000. The maximum atomic E-state index is 12.8. The summed E-state index contributed by atoms with van der Waals surface area (Å²) in [7, 11) is 0. The van der Waals surface area contributed by atoms with E-state index in [0.717, 1.165) is 11.3 Å². The highest BCUT2D eigenvalue weighted by molar-refractivity contribution is 5.78. The van der Waals surface area contributed by atoms with E-state index in [1.807, 2.05) is 57.2 Å². The fourth-order valence-corrected chi connectivity index (χ4v) is 3.20. The van der Waals surface area contributed by atoms with Gasteiger partial charge in [-0.25, -0.2) is 4.98 Å². The maximum Gasteiger partial charge on any atom is 0.258 e. The van der Waals surface area contributed by atoms with Gasteiger partial charge in [0.05, 0.1) is 24.1 Å². The normalized spacial score (nSPS) is 11.0. The van der Waals surface area contributed by atoms with Gasteiger partial charge in [0.25, 0.3) is 5.56 Å². The van der Waals surface area contributed by atoms with Gasteiger partial charge >= 0.3 is 0 Å². The molecular formula is C23H27N3O3. The van der Waals surface area contributed by atoms with Crippen molar-refractivity contribution in [2.24, 2.45) is 0 Å². The molecular weight excluding hydrogens is 366 g/mol. The van der Waals surface area contributed by atoms with Crippen molar-refractivity contribution in [2.45, 2.75) is 46.2 Å². The first-order chi connectivity index (χ1) is 14.0. The molecule has 2 aromatic carbocycles. The third-order valence-corrected chi connectivity index (χ3v) is 4.81. The zero-order chi connectivity index (χ0) is 20.8. The molecule has 0 aliphatic carbocycles. The number of aromatic nitrogens is 2. The van der Waals surface area contributed by atoms with Crippen LogP contribution < -0.4 is 10.3 Å². The number of rotatable bonds is 8. The lowest BCUT2D eigenvalue weighted by atomic mass is 10.2. The Balaban J connectivity index is 1.61. The lowest BCUT2D eigenvalue weighted by molar-refractivity contribution is -0.133. The average Bonchev–Trinajstić information content (AvgIpc) is 2.70. The number of hydrogen-bond acceptors (Lipinski definition) is 4. The highest BCUT2D eigenvalue weighted by atomic mass is 16.5. The number of hydrogen-bond donors (Lipinski definition) is 1. The second-order valence-electron chi connectivity index (χ2n) is 7.36. The van der Waals surface area contributed by atoms with Crippen LogP contribution in [-0.2, 0) is 11.3 Å². The number of fused-ring (bicyclic) bond motifs is 1. The fraction of sp³-hybridized carbons (Fsp3) is 0.348. The summed E-state index contributed by atoms with van der Waals surface area (Å²) < 4.78 is 5.78.